The van der Waals surface area contributed by atoms with Gasteiger partial charge in [-0.25, -0.2) is 0 Å². The Morgan fingerprint density at radius 3 is 2.67 bits per heavy atom. The van der Waals surface area contributed by atoms with Crippen LogP contribution in [-0.4, -0.2) is 13.0 Å². The minimum absolute atomic E-state index is 0.121. The molecule has 0 saturated heterocycles. The summed E-state index contributed by atoms with van der Waals surface area (Å²) in [5.74, 6) is 0.620. The molecule has 1 unspecified atom stereocenters. The first-order valence-corrected chi connectivity index (χ1v) is 5.83. The van der Waals surface area contributed by atoms with Crippen LogP contribution in [-0.2, 0) is 0 Å². The molecule has 4 nitrogen and oxygen atoms in total. The second kappa shape index (κ2) is 5.40. The van der Waals surface area contributed by atoms with Gasteiger partial charge in [0.1, 0.15) is 5.76 Å². The number of nitrogens with one attached hydrogen (secondary N) is 2. The summed E-state index contributed by atoms with van der Waals surface area (Å²) in [6.07, 6.45) is 1.60. The molecule has 2 rings (SSSR count). The number of carbonyl (C=O) groups is 1. The molecule has 1 heterocycles. The third-order valence-corrected chi connectivity index (χ3v) is 2.76. The quantitative estimate of drug-likeness (QED) is 0.869. The van der Waals surface area contributed by atoms with Gasteiger partial charge in [0.05, 0.1) is 17.9 Å². The number of anilines is 1. The zero-order chi connectivity index (χ0) is 13.0. The van der Waals surface area contributed by atoms with E-state index < -0.39 is 0 Å². The van der Waals surface area contributed by atoms with E-state index in [2.05, 4.69) is 10.6 Å². The molecule has 0 aliphatic carbocycles. The van der Waals surface area contributed by atoms with Crippen molar-refractivity contribution in [2.75, 3.05) is 12.4 Å². The van der Waals surface area contributed by atoms with Crippen LogP contribution in [0.2, 0.25) is 0 Å². The Hall–Kier alpha value is -2.23. The minimum atomic E-state index is -0.155. The molecule has 0 saturated carbocycles. The molecule has 1 atom stereocenters. The van der Waals surface area contributed by atoms with Crippen LogP contribution in [0.4, 0.5) is 5.69 Å². The van der Waals surface area contributed by atoms with Gasteiger partial charge in [-0.1, -0.05) is 12.1 Å². The topological polar surface area (TPSA) is 54.3 Å². The van der Waals surface area contributed by atoms with Crippen LogP contribution in [0.25, 0.3) is 0 Å². The van der Waals surface area contributed by atoms with E-state index in [9.17, 15) is 4.79 Å². The van der Waals surface area contributed by atoms with E-state index in [-0.39, 0.29) is 11.9 Å². The van der Waals surface area contributed by atoms with Crippen molar-refractivity contribution in [3.8, 4) is 0 Å². The molecule has 2 N–H and O–H groups in total. The third-order valence-electron chi connectivity index (χ3n) is 2.76. The molecule has 18 heavy (non-hydrogen) atoms. The summed E-state index contributed by atoms with van der Waals surface area (Å²) in [4.78, 5) is 12.1. The predicted molar refractivity (Wildman–Crippen MR) is 70.6 cm³/mol. The van der Waals surface area contributed by atoms with Gasteiger partial charge in [-0.15, -0.1) is 0 Å². The molecule has 4 heteroatoms. The largest absolute Gasteiger partial charge is 0.467 e. The zero-order valence-corrected chi connectivity index (χ0v) is 10.4. The third kappa shape index (κ3) is 2.53. The van der Waals surface area contributed by atoms with E-state index in [1.807, 2.05) is 31.2 Å². The van der Waals surface area contributed by atoms with Crippen molar-refractivity contribution in [2.45, 2.75) is 13.0 Å². The van der Waals surface area contributed by atoms with Crippen molar-refractivity contribution in [1.29, 1.82) is 0 Å². The Kier molecular flexibility index (Phi) is 3.67. The molecular formula is C14H16N2O2. The van der Waals surface area contributed by atoms with Crippen LogP contribution in [0.3, 0.4) is 0 Å². The lowest BCUT2D eigenvalue weighted by atomic mass is 10.1. The van der Waals surface area contributed by atoms with E-state index >= 15 is 0 Å². The fourth-order valence-electron chi connectivity index (χ4n) is 1.78. The lowest BCUT2D eigenvalue weighted by molar-refractivity contribution is 0.0936. The van der Waals surface area contributed by atoms with Crippen LogP contribution in [0.15, 0.2) is 47.1 Å². The molecule has 1 amide bonds. The van der Waals surface area contributed by atoms with Crippen LogP contribution in [0.5, 0.6) is 0 Å². The summed E-state index contributed by atoms with van der Waals surface area (Å²) in [7, 11) is 1.79. The maximum atomic E-state index is 12.1. The van der Waals surface area contributed by atoms with E-state index in [1.165, 1.54) is 0 Å². The summed E-state index contributed by atoms with van der Waals surface area (Å²) >= 11 is 0. The normalized spacial score (nSPS) is 11.9. The predicted octanol–water partition coefficient (Wildman–Crippen LogP) is 2.81. The van der Waals surface area contributed by atoms with Gasteiger partial charge in [0.15, 0.2) is 0 Å². The number of hydrogen-bond acceptors (Lipinski definition) is 3. The fourth-order valence-corrected chi connectivity index (χ4v) is 1.78. The Morgan fingerprint density at radius 2 is 2.00 bits per heavy atom. The lowest BCUT2D eigenvalue weighted by Gasteiger charge is -2.13. The number of hydrogen-bond donors (Lipinski definition) is 2. The van der Waals surface area contributed by atoms with Crippen molar-refractivity contribution in [3.63, 3.8) is 0 Å². The van der Waals surface area contributed by atoms with Crippen molar-refractivity contribution in [1.82, 2.24) is 5.32 Å². The van der Waals surface area contributed by atoms with Gasteiger partial charge in [0.2, 0.25) is 0 Å². The number of carbonyl (C=O) groups excluding carboxylic acids is 1. The maximum Gasteiger partial charge on any atom is 0.253 e. The minimum Gasteiger partial charge on any atom is -0.467 e. The summed E-state index contributed by atoms with van der Waals surface area (Å²) in [6.45, 7) is 1.89. The van der Waals surface area contributed by atoms with E-state index in [0.29, 0.717) is 5.56 Å². The Bertz CT molecular complexity index is 520. The average molecular weight is 244 g/mol. The van der Waals surface area contributed by atoms with Gasteiger partial charge in [0.25, 0.3) is 5.91 Å². The summed E-state index contributed by atoms with van der Waals surface area (Å²) in [5, 5.41) is 5.90. The molecule has 0 aliphatic rings. The van der Waals surface area contributed by atoms with Gasteiger partial charge in [-0.3, -0.25) is 4.79 Å². The van der Waals surface area contributed by atoms with Crippen molar-refractivity contribution in [3.05, 3.63) is 54.0 Å². The monoisotopic (exact) mass is 244 g/mol. The Morgan fingerprint density at radius 1 is 1.22 bits per heavy atom. The average Bonchev–Trinajstić information content (AvgIpc) is 2.92. The number of benzene rings is 1. The van der Waals surface area contributed by atoms with Gasteiger partial charge in [0, 0.05) is 12.7 Å². The van der Waals surface area contributed by atoms with E-state index in [1.54, 1.807) is 25.4 Å². The summed E-state index contributed by atoms with van der Waals surface area (Å²) in [5.41, 5.74) is 1.43. The number of rotatable bonds is 4. The molecule has 1 aromatic heterocycles. The second-order valence-corrected chi connectivity index (χ2v) is 4.01. The molecule has 0 aliphatic heterocycles. The molecule has 0 radical (unpaired) electrons. The standard InChI is InChI=1S/C14H16N2O2/c1-10(13-8-5-9-18-13)16-14(17)11-6-3-4-7-12(11)15-2/h3-10,15H,1-2H3,(H,16,17). The molecule has 0 fully saturated rings. The molecule has 0 bridgehead atoms. The molecule has 0 spiro atoms. The lowest BCUT2D eigenvalue weighted by Crippen LogP contribution is -2.27. The summed E-state index contributed by atoms with van der Waals surface area (Å²) in [6, 6.07) is 10.9. The van der Waals surface area contributed by atoms with Crippen molar-refractivity contribution >= 4 is 11.6 Å². The number of para-hydroxylation sites is 1. The van der Waals surface area contributed by atoms with E-state index in [0.717, 1.165) is 11.4 Å². The zero-order valence-electron chi connectivity index (χ0n) is 10.4. The van der Waals surface area contributed by atoms with E-state index in [4.69, 9.17) is 4.42 Å². The fraction of sp³-hybridized carbons (Fsp3) is 0.214. The van der Waals surface area contributed by atoms with Crippen molar-refractivity contribution < 1.29 is 9.21 Å². The summed E-state index contributed by atoms with van der Waals surface area (Å²) < 4.78 is 5.26. The van der Waals surface area contributed by atoms with Gasteiger partial charge >= 0.3 is 0 Å². The highest BCUT2D eigenvalue weighted by Crippen LogP contribution is 2.17. The van der Waals surface area contributed by atoms with Crippen LogP contribution < -0.4 is 10.6 Å². The van der Waals surface area contributed by atoms with Gasteiger partial charge < -0.3 is 15.1 Å². The van der Waals surface area contributed by atoms with Gasteiger partial charge in [-0.2, -0.15) is 0 Å². The molecule has 2 aromatic rings. The smallest absolute Gasteiger partial charge is 0.253 e. The highest BCUT2D eigenvalue weighted by atomic mass is 16.3. The van der Waals surface area contributed by atoms with Crippen LogP contribution in [0, 0.1) is 0 Å². The molecular weight excluding hydrogens is 228 g/mol. The first-order chi connectivity index (χ1) is 8.72. The Balaban J connectivity index is 2.12. The first kappa shape index (κ1) is 12.2. The molecule has 1 aromatic carbocycles. The number of furan rings is 1. The maximum absolute atomic E-state index is 12.1. The van der Waals surface area contributed by atoms with Crippen LogP contribution >= 0.6 is 0 Å². The number of amides is 1. The first-order valence-electron chi connectivity index (χ1n) is 5.83. The van der Waals surface area contributed by atoms with Crippen LogP contribution in [0.1, 0.15) is 29.1 Å². The second-order valence-electron chi connectivity index (χ2n) is 4.01. The molecule has 94 valence electrons. The Labute approximate surface area is 106 Å². The van der Waals surface area contributed by atoms with Crippen molar-refractivity contribution in [2.24, 2.45) is 0 Å². The highest BCUT2D eigenvalue weighted by molar-refractivity contribution is 5.99. The highest BCUT2D eigenvalue weighted by Gasteiger charge is 2.15. The SMILES string of the molecule is CNc1ccccc1C(=O)NC(C)c1ccco1. The van der Waals surface area contributed by atoms with Gasteiger partial charge in [-0.05, 0) is 31.2 Å².